The molecule has 1 aliphatic heterocycles. The Kier molecular flexibility index (Phi) is 5.58. The first-order valence-corrected chi connectivity index (χ1v) is 10.8. The SMILES string of the molecule is Cc1nc(C)c(C(=O)Nc2ccc(-c3ccc(N4CCC(C)CC4)nn3)cc2)s1. The average Bonchev–Trinajstić information content (AvgIpc) is 3.07. The van der Waals surface area contributed by atoms with Crippen molar-refractivity contribution < 1.29 is 4.79 Å². The number of thiazole rings is 1. The van der Waals surface area contributed by atoms with Crippen LogP contribution in [-0.2, 0) is 0 Å². The van der Waals surface area contributed by atoms with Crippen molar-refractivity contribution in [2.45, 2.75) is 33.6 Å². The van der Waals surface area contributed by atoms with E-state index in [0.29, 0.717) is 4.88 Å². The van der Waals surface area contributed by atoms with Crippen LogP contribution in [0.2, 0.25) is 0 Å². The summed E-state index contributed by atoms with van der Waals surface area (Å²) in [6.07, 6.45) is 2.41. The molecule has 2 aromatic heterocycles. The Hall–Kier alpha value is -2.80. The van der Waals surface area contributed by atoms with Gasteiger partial charge in [-0.15, -0.1) is 21.5 Å². The maximum atomic E-state index is 12.4. The minimum absolute atomic E-state index is 0.124. The van der Waals surface area contributed by atoms with Crippen LogP contribution in [-0.4, -0.2) is 34.2 Å². The van der Waals surface area contributed by atoms with Crippen LogP contribution in [0.4, 0.5) is 11.5 Å². The first-order valence-electron chi connectivity index (χ1n) is 9.94. The second-order valence-corrected chi connectivity index (χ2v) is 8.83. The van der Waals surface area contributed by atoms with Crippen molar-refractivity contribution in [2.75, 3.05) is 23.3 Å². The van der Waals surface area contributed by atoms with Crippen LogP contribution in [0.25, 0.3) is 11.3 Å². The summed E-state index contributed by atoms with van der Waals surface area (Å²) in [4.78, 5) is 19.7. The molecule has 0 unspecified atom stereocenters. The van der Waals surface area contributed by atoms with E-state index in [1.54, 1.807) is 0 Å². The Bertz CT molecular complexity index is 989. The summed E-state index contributed by atoms with van der Waals surface area (Å²) < 4.78 is 0. The summed E-state index contributed by atoms with van der Waals surface area (Å²) in [6.45, 7) is 8.15. The fourth-order valence-electron chi connectivity index (χ4n) is 3.54. The number of aryl methyl sites for hydroxylation is 2. The molecule has 1 amide bonds. The maximum Gasteiger partial charge on any atom is 0.267 e. The lowest BCUT2D eigenvalue weighted by atomic mass is 9.99. The second kappa shape index (κ2) is 8.29. The molecule has 0 saturated carbocycles. The molecule has 1 N–H and O–H groups in total. The lowest BCUT2D eigenvalue weighted by molar-refractivity contribution is 0.103. The molecule has 0 radical (unpaired) electrons. The molecule has 29 heavy (non-hydrogen) atoms. The number of nitrogens with zero attached hydrogens (tertiary/aromatic N) is 4. The fourth-order valence-corrected chi connectivity index (χ4v) is 4.35. The molecule has 7 heteroatoms. The van der Waals surface area contributed by atoms with Gasteiger partial charge in [-0.25, -0.2) is 4.98 Å². The average molecular weight is 408 g/mol. The van der Waals surface area contributed by atoms with Crippen LogP contribution < -0.4 is 10.2 Å². The van der Waals surface area contributed by atoms with Crippen LogP contribution in [0.5, 0.6) is 0 Å². The number of hydrogen-bond acceptors (Lipinski definition) is 6. The van der Waals surface area contributed by atoms with Crippen LogP contribution in [0.15, 0.2) is 36.4 Å². The molecule has 150 valence electrons. The molecule has 3 aromatic rings. The standard InChI is InChI=1S/C22H25N5OS/c1-14-10-12-27(13-11-14)20-9-8-19(25-26-20)17-4-6-18(7-5-17)24-22(28)21-15(2)23-16(3)29-21/h4-9,14H,10-13H2,1-3H3,(H,24,28). The molecule has 0 spiro atoms. The summed E-state index contributed by atoms with van der Waals surface area (Å²) in [7, 11) is 0. The highest BCUT2D eigenvalue weighted by molar-refractivity contribution is 7.13. The highest BCUT2D eigenvalue weighted by atomic mass is 32.1. The number of rotatable bonds is 4. The van der Waals surface area contributed by atoms with Gasteiger partial charge < -0.3 is 10.2 Å². The number of hydrogen-bond donors (Lipinski definition) is 1. The normalized spacial score (nSPS) is 14.8. The monoisotopic (exact) mass is 407 g/mol. The fraction of sp³-hybridized carbons (Fsp3) is 0.364. The molecule has 3 heterocycles. The molecule has 4 rings (SSSR count). The Morgan fingerprint density at radius 1 is 1.07 bits per heavy atom. The number of anilines is 2. The summed E-state index contributed by atoms with van der Waals surface area (Å²) in [5.74, 6) is 1.61. The summed E-state index contributed by atoms with van der Waals surface area (Å²) >= 11 is 1.41. The van der Waals surface area contributed by atoms with E-state index in [2.05, 4.69) is 32.3 Å². The van der Waals surface area contributed by atoms with E-state index in [4.69, 9.17) is 0 Å². The zero-order chi connectivity index (χ0) is 20.4. The Labute approximate surface area is 175 Å². The zero-order valence-electron chi connectivity index (χ0n) is 17.0. The van der Waals surface area contributed by atoms with Gasteiger partial charge in [0.2, 0.25) is 0 Å². The van der Waals surface area contributed by atoms with E-state index < -0.39 is 0 Å². The van der Waals surface area contributed by atoms with Crippen LogP contribution in [0, 0.1) is 19.8 Å². The van der Waals surface area contributed by atoms with Crippen molar-refractivity contribution in [3.63, 3.8) is 0 Å². The number of carbonyl (C=O) groups excluding carboxylic acids is 1. The molecule has 1 aliphatic rings. The highest BCUT2D eigenvalue weighted by Gasteiger charge is 2.17. The predicted molar refractivity (Wildman–Crippen MR) is 118 cm³/mol. The quantitative estimate of drug-likeness (QED) is 0.678. The van der Waals surface area contributed by atoms with Gasteiger partial charge in [0.05, 0.1) is 16.4 Å². The first kappa shape index (κ1) is 19.5. The molecule has 1 saturated heterocycles. The number of nitrogens with one attached hydrogen (secondary N) is 1. The highest BCUT2D eigenvalue weighted by Crippen LogP contribution is 2.24. The molecule has 1 aromatic carbocycles. The van der Waals surface area contributed by atoms with Crippen molar-refractivity contribution >= 4 is 28.7 Å². The van der Waals surface area contributed by atoms with Crippen LogP contribution >= 0.6 is 11.3 Å². The van der Waals surface area contributed by atoms with E-state index in [-0.39, 0.29) is 5.91 Å². The lowest BCUT2D eigenvalue weighted by Gasteiger charge is -2.30. The van der Waals surface area contributed by atoms with Gasteiger partial charge in [-0.1, -0.05) is 19.1 Å². The van der Waals surface area contributed by atoms with Gasteiger partial charge in [-0.2, -0.15) is 0 Å². The largest absolute Gasteiger partial charge is 0.355 e. The van der Waals surface area contributed by atoms with Gasteiger partial charge in [0.15, 0.2) is 5.82 Å². The van der Waals surface area contributed by atoms with Gasteiger partial charge in [0.1, 0.15) is 4.88 Å². The third kappa shape index (κ3) is 4.45. The minimum Gasteiger partial charge on any atom is -0.355 e. The minimum atomic E-state index is -0.124. The van der Waals surface area contributed by atoms with Crippen LogP contribution in [0.1, 0.15) is 40.1 Å². The van der Waals surface area contributed by atoms with Crippen molar-refractivity contribution in [1.29, 1.82) is 0 Å². The number of aromatic nitrogens is 3. The summed E-state index contributed by atoms with van der Waals surface area (Å²) in [5, 5.41) is 12.7. The van der Waals surface area contributed by atoms with Crippen molar-refractivity contribution in [3.05, 3.63) is 52.0 Å². The Morgan fingerprint density at radius 3 is 2.38 bits per heavy atom. The van der Waals surface area contributed by atoms with Crippen molar-refractivity contribution in [3.8, 4) is 11.3 Å². The molecule has 1 fully saturated rings. The van der Waals surface area contributed by atoms with Gasteiger partial charge in [0.25, 0.3) is 5.91 Å². The van der Waals surface area contributed by atoms with Crippen molar-refractivity contribution in [2.24, 2.45) is 5.92 Å². The van der Waals surface area contributed by atoms with Crippen LogP contribution in [0.3, 0.4) is 0 Å². The predicted octanol–water partition coefficient (Wildman–Crippen LogP) is 4.71. The third-order valence-electron chi connectivity index (χ3n) is 5.31. The zero-order valence-corrected chi connectivity index (χ0v) is 17.8. The smallest absolute Gasteiger partial charge is 0.267 e. The lowest BCUT2D eigenvalue weighted by Crippen LogP contribution is -2.33. The Balaban J connectivity index is 1.42. The first-order chi connectivity index (χ1) is 14.0. The Morgan fingerprint density at radius 2 is 1.79 bits per heavy atom. The number of benzene rings is 1. The third-order valence-corrected chi connectivity index (χ3v) is 6.38. The van der Waals surface area contributed by atoms with Crippen molar-refractivity contribution in [1.82, 2.24) is 15.2 Å². The number of piperidine rings is 1. The van der Waals surface area contributed by atoms with Gasteiger partial charge in [0, 0.05) is 24.3 Å². The topological polar surface area (TPSA) is 71.0 Å². The summed E-state index contributed by atoms with van der Waals surface area (Å²) in [6, 6.07) is 11.7. The molecule has 0 aliphatic carbocycles. The maximum absolute atomic E-state index is 12.4. The van der Waals surface area contributed by atoms with E-state index in [9.17, 15) is 4.79 Å². The molecular formula is C22H25N5OS. The molecule has 0 atom stereocenters. The molecule has 6 nitrogen and oxygen atoms in total. The second-order valence-electron chi connectivity index (χ2n) is 7.63. The van der Waals surface area contributed by atoms with Gasteiger partial charge in [-0.3, -0.25) is 4.79 Å². The molecular weight excluding hydrogens is 382 g/mol. The van der Waals surface area contributed by atoms with E-state index >= 15 is 0 Å². The number of carbonyl (C=O) groups is 1. The van der Waals surface area contributed by atoms with Gasteiger partial charge in [-0.05, 0) is 56.9 Å². The van der Waals surface area contributed by atoms with E-state index in [0.717, 1.165) is 52.5 Å². The van der Waals surface area contributed by atoms with E-state index in [1.807, 2.05) is 50.2 Å². The van der Waals surface area contributed by atoms with E-state index in [1.165, 1.54) is 24.2 Å². The molecule has 0 bridgehead atoms. The number of amides is 1. The van der Waals surface area contributed by atoms with Gasteiger partial charge >= 0.3 is 0 Å². The summed E-state index contributed by atoms with van der Waals surface area (Å²) in [5.41, 5.74) is 3.31.